The molecule has 1 saturated heterocycles. The Labute approximate surface area is 99.5 Å². The van der Waals surface area contributed by atoms with Gasteiger partial charge in [-0.05, 0) is 24.6 Å². The van der Waals surface area contributed by atoms with Gasteiger partial charge in [0.25, 0.3) is 0 Å². The van der Waals surface area contributed by atoms with Crippen LogP contribution in [0.15, 0.2) is 18.2 Å². The molecule has 0 aliphatic carbocycles. The maximum Gasteiger partial charge on any atom is 0.146 e. The summed E-state index contributed by atoms with van der Waals surface area (Å²) in [6, 6.07) is 5.34. The normalized spacial score (nSPS) is 21.2. The summed E-state index contributed by atoms with van der Waals surface area (Å²) in [5.41, 5.74) is 1.28. The summed E-state index contributed by atoms with van der Waals surface area (Å²) < 4.78 is 13.8. The fourth-order valence-corrected chi connectivity index (χ4v) is 2.98. The van der Waals surface area contributed by atoms with E-state index in [4.69, 9.17) is 5.11 Å². The largest absolute Gasteiger partial charge is 0.392 e. The van der Waals surface area contributed by atoms with Crippen LogP contribution in [0, 0.1) is 5.82 Å². The first-order chi connectivity index (χ1) is 7.72. The van der Waals surface area contributed by atoms with Crippen LogP contribution < -0.4 is 4.90 Å². The lowest BCUT2D eigenvalue weighted by atomic mass is 10.1. The monoisotopic (exact) mass is 241 g/mol. The van der Waals surface area contributed by atoms with Crippen LogP contribution >= 0.6 is 11.8 Å². The minimum atomic E-state index is -0.231. The second kappa shape index (κ2) is 5.06. The molecule has 1 heterocycles. The highest BCUT2D eigenvalue weighted by molar-refractivity contribution is 7.99. The van der Waals surface area contributed by atoms with Crippen molar-refractivity contribution < 1.29 is 9.50 Å². The predicted octanol–water partition coefficient (Wildman–Crippen LogP) is 2.26. The van der Waals surface area contributed by atoms with Gasteiger partial charge in [0.15, 0.2) is 0 Å². The standard InChI is InChI=1S/C12H16FNOS/c1-9-8-16-5-4-14(9)12-3-2-10(7-15)6-11(12)13/h2-3,6,9,15H,4-5,7-8H2,1H3. The molecule has 0 bridgehead atoms. The maximum absolute atomic E-state index is 13.8. The molecule has 1 aromatic carbocycles. The lowest BCUT2D eigenvalue weighted by Crippen LogP contribution is -2.40. The molecule has 1 N–H and O–H groups in total. The third-order valence-electron chi connectivity index (χ3n) is 2.87. The van der Waals surface area contributed by atoms with E-state index >= 15 is 0 Å². The molecular formula is C12H16FNOS. The van der Waals surface area contributed by atoms with E-state index in [1.54, 1.807) is 12.1 Å². The molecule has 0 aromatic heterocycles. The minimum Gasteiger partial charge on any atom is -0.392 e. The van der Waals surface area contributed by atoms with Gasteiger partial charge in [0, 0.05) is 24.1 Å². The van der Waals surface area contributed by atoms with E-state index in [2.05, 4.69) is 11.8 Å². The first kappa shape index (κ1) is 11.7. The third-order valence-corrected chi connectivity index (χ3v) is 4.06. The smallest absolute Gasteiger partial charge is 0.146 e. The molecule has 0 amide bonds. The van der Waals surface area contributed by atoms with Crippen LogP contribution in [0.4, 0.5) is 10.1 Å². The lowest BCUT2D eigenvalue weighted by molar-refractivity contribution is 0.281. The number of thioether (sulfide) groups is 1. The van der Waals surface area contributed by atoms with Crippen LogP contribution in [0.25, 0.3) is 0 Å². The average Bonchev–Trinajstić information content (AvgIpc) is 2.30. The summed E-state index contributed by atoms with van der Waals surface area (Å²) in [7, 11) is 0. The Bertz CT molecular complexity index is 372. The molecule has 1 atom stereocenters. The number of anilines is 1. The fourth-order valence-electron chi connectivity index (χ4n) is 1.97. The van der Waals surface area contributed by atoms with Crippen LogP contribution in [-0.4, -0.2) is 29.2 Å². The zero-order valence-electron chi connectivity index (χ0n) is 9.32. The van der Waals surface area contributed by atoms with Gasteiger partial charge in [0.05, 0.1) is 12.3 Å². The van der Waals surface area contributed by atoms with Gasteiger partial charge >= 0.3 is 0 Å². The van der Waals surface area contributed by atoms with Gasteiger partial charge in [-0.1, -0.05) is 6.07 Å². The Hall–Kier alpha value is -0.740. The Morgan fingerprint density at radius 1 is 1.56 bits per heavy atom. The molecule has 2 rings (SSSR count). The number of aliphatic hydroxyl groups is 1. The molecule has 16 heavy (non-hydrogen) atoms. The molecular weight excluding hydrogens is 225 g/mol. The van der Waals surface area contributed by atoms with E-state index in [1.165, 1.54) is 6.07 Å². The van der Waals surface area contributed by atoms with Crippen LogP contribution in [-0.2, 0) is 6.61 Å². The van der Waals surface area contributed by atoms with Gasteiger partial charge in [0.2, 0.25) is 0 Å². The Morgan fingerprint density at radius 3 is 3.00 bits per heavy atom. The number of rotatable bonds is 2. The van der Waals surface area contributed by atoms with Crippen LogP contribution in [0.5, 0.6) is 0 Å². The van der Waals surface area contributed by atoms with Crippen molar-refractivity contribution in [1.82, 2.24) is 0 Å². The summed E-state index contributed by atoms with van der Waals surface area (Å²) in [4.78, 5) is 2.10. The van der Waals surface area contributed by atoms with Crippen LogP contribution in [0.1, 0.15) is 12.5 Å². The molecule has 4 heteroatoms. The number of aliphatic hydroxyl groups excluding tert-OH is 1. The fraction of sp³-hybridized carbons (Fsp3) is 0.500. The SMILES string of the molecule is CC1CSCCN1c1ccc(CO)cc1F. The van der Waals surface area contributed by atoms with Crippen molar-refractivity contribution in [2.24, 2.45) is 0 Å². The van der Waals surface area contributed by atoms with Crippen molar-refractivity contribution in [1.29, 1.82) is 0 Å². The minimum absolute atomic E-state index is 0.109. The van der Waals surface area contributed by atoms with Crippen molar-refractivity contribution >= 4 is 17.4 Å². The van der Waals surface area contributed by atoms with Crippen molar-refractivity contribution in [3.63, 3.8) is 0 Å². The molecule has 2 nitrogen and oxygen atoms in total. The summed E-state index contributed by atoms with van der Waals surface area (Å²) in [5, 5.41) is 8.93. The molecule has 0 spiro atoms. The Morgan fingerprint density at radius 2 is 2.38 bits per heavy atom. The number of halogens is 1. The van der Waals surface area contributed by atoms with Gasteiger partial charge in [-0.15, -0.1) is 0 Å². The summed E-state index contributed by atoms with van der Waals surface area (Å²) >= 11 is 1.91. The quantitative estimate of drug-likeness (QED) is 0.859. The van der Waals surface area contributed by atoms with Gasteiger partial charge in [0.1, 0.15) is 5.82 Å². The van der Waals surface area contributed by atoms with Crippen molar-refractivity contribution in [3.8, 4) is 0 Å². The average molecular weight is 241 g/mol. The topological polar surface area (TPSA) is 23.5 Å². The van der Waals surface area contributed by atoms with Crippen molar-refractivity contribution in [2.75, 3.05) is 23.0 Å². The van der Waals surface area contributed by atoms with E-state index in [9.17, 15) is 4.39 Å². The second-order valence-electron chi connectivity index (χ2n) is 4.06. The van der Waals surface area contributed by atoms with Gasteiger partial charge < -0.3 is 10.0 Å². The lowest BCUT2D eigenvalue weighted by Gasteiger charge is -2.35. The van der Waals surface area contributed by atoms with E-state index in [1.807, 2.05) is 11.8 Å². The van der Waals surface area contributed by atoms with E-state index in [0.29, 0.717) is 17.3 Å². The number of benzene rings is 1. The molecule has 1 aliphatic rings. The van der Waals surface area contributed by atoms with Gasteiger partial charge in [-0.2, -0.15) is 11.8 Å². The number of hydrogen-bond donors (Lipinski definition) is 1. The zero-order valence-corrected chi connectivity index (χ0v) is 10.1. The van der Waals surface area contributed by atoms with E-state index < -0.39 is 0 Å². The number of nitrogens with zero attached hydrogens (tertiary/aromatic N) is 1. The highest BCUT2D eigenvalue weighted by Gasteiger charge is 2.21. The summed E-state index contributed by atoms with van der Waals surface area (Å²) in [6.07, 6.45) is 0. The maximum atomic E-state index is 13.8. The molecule has 1 aliphatic heterocycles. The van der Waals surface area contributed by atoms with Crippen LogP contribution in [0.2, 0.25) is 0 Å². The van der Waals surface area contributed by atoms with Crippen molar-refractivity contribution in [3.05, 3.63) is 29.6 Å². The zero-order chi connectivity index (χ0) is 11.5. The summed E-state index contributed by atoms with van der Waals surface area (Å²) in [5.74, 6) is 1.86. The van der Waals surface area contributed by atoms with Gasteiger partial charge in [-0.3, -0.25) is 0 Å². The Balaban J connectivity index is 2.25. The second-order valence-corrected chi connectivity index (χ2v) is 5.21. The third kappa shape index (κ3) is 2.33. The highest BCUT2D eigenvalue weighted by Crippen LogP contribution is 2.27. The molecule has 1 unspecified atom stereocenters. The molecule has 88 valence electrons. The van der Waals surface area contributed by atoms with Gasteiger partial charge in [-0.25, -0.2) is 4.39 Å². The molecule has 1 aromatic rings. The number of hydrogen-bond acceptors (Lipinski definition) is 3. The summed E-state index contributed by atoms with van der Waals surface area (Å²) in [6.45, 7) is 2.90. The van der Waals surface area contributed by atoms with E-state index in [-0.39, 0.29) is 12.4 Å². The highest BCUT2D eigenvalue weighted by atomic mass is 32.2. The first-order valence-electron chi connectivity index (χ1n) is 5.46. The van der Waals surface area contributed by atoms with E-state index in [0.717, 1.165) is 18.1 Å². The van der Waals surface area contributed by atoms with Crippen molar-refractivity contribution in [2.45, 2.75) is 19.6 Å². The first-order valence-corrected chi connectivity index (χ1v) is 6.61. The molecule has 0 saturated carbocycles. The molecule has 0 radical (unpaired) electrons. The van der Waals surface area contributed by atoms with Crippen LogP contribution in [0.3, 0.4) is 0 Å². The predicted molar refractivity (Wildman–Crippen MR) is 66.5 cm³/mol. The molecule has 1 fully saturated rings. The Kier molecular flexibility index (Phi) is 3.71.